The standard InChI is InChI=1S/C71H51BN2O2/c1-70(2,3)47-30-33-59(51(36-47)44-20-10-7-11-21-44)73-61-41-66-54(52-34-45-22-12-13-23-46(45)35-64(52)76-66)38-58(61)72-69-62(73)39-55-49-24-14-16-26-57(49)71(4,5)68(55)67(69)56-37-53-50-25-15-17-27-63(50)75-65(53)40-60(56)74(72)48-31-28-43(29-32-48)42-18-8-6-9-19-42/h6-41H,1-5H3. The molecule has 0 spiro atoms. The summed E-state index contributed by atoms with van der Waals surface area (Å²) in [6.07, 6.45) is 0. The van der Waals surface area contributed by atoms with E-state index >= 15 is 0 Å². The highest BCUT2D eigenvalue weighted by molar-refractivity contribution is 6.94. The van der Waals surface area contributed by atoms with Gasteiger partial charge in [0.15, 0.2) is 0 Å². The van der Waals surface area contributed by atoms with Crippen LogP contribution in [0.2, 0.25) is 0 Å². The molecule has 360 valence electrons. The Morgan fingerprint density at radius 3 is 1.82 bits per heavy atom. The smallest absolute Gasteiger partial charge is 0.333 e. The second-order valence-electron chi connectivity index (χ2n) is 22.8. The zero-order valence-electron chi connectivity index (χ0n) is 43.1. The first-order chi connectivity index (χ1) is 37.1. The van der Waals surface area contributed by atoms with Gasteiger partial charge in [-0.15, -0.1) is 0 Å². The molecular weight excluding hydrogens is 924 g/mol. The summed E-state index contributed by atoms with van der Waals surface area (Å²) < 4.78 is 14.0. The largest absolute Gasteiger partial charge is 0.456 e. The molecule has 2 aromatic heterocycles. The van der Waals surface area contributed by atoms with Crippen molar-refractivity contribution in [2.45, 2.75) is 45.4 Å². The van der Waals surface area contributed by atoms with Crippen molar-refractivity contribution in [2.24, 2.45) is 0 Å². The molecule has 13 aromatic rings. The highest BCUT2D eigenvalue weighted by Crippen LogP contribution is 2.59. The lowest BCUT2D eigenvalue weighted by Gasteiger charge is -2.47. The maximum Gasteiger partial charge on any atom is 0.333 e. The van der Waals surface area contributed by atoms with Gasteiger partial charge in [0.2, 0.25) is 0 Å². The monoisotopic (exact) mass is 974 g/mol. The lowest BCUT2D eigenvalue weighted by Crippen LogP contribution is -2.62. The molecule has 4 nitrogen and oxygen atoms in total. The van der Waals surface area contributed by atoms with Gasteiger partial charge >= 0.3 is 6.85 Å². The van der Waals surface area contributed by atoms with Crippen molar-refractivity contribution in [1.82, 2.24) is 0 Å². The van der Waals surface area contributed by atoms with Crippen molar-refractivity contribution in [2.75, 3.05) is 9.71 Å². The molecule has 76 heavy (non-hydrogen) atoms. The summed E-state index contributed by atoms with van der Waals surface area (Å²) in [5.74, 6) is 0. The van der Waals surface area contributed by atoms with E-state index in [2.05, 4.69) is 263 Å². The molecule has 0 N–H and O–H groups in total. The number of rotatable bonds is 4. The molecule has 0 radical (unpaired) electrons. The normalized spacial score (nSPS) is 14.1. The third-order valence-corrected chi connectivity index (χ3v) is 17.1. The summed E-state index contributed by atoms with van der Waals surface area (Å²) in [6, 6.07) is 81.1. The van der Waals surface area contributed by atoms with Crippen LogP contribution in [0, 0.1) is 0 Å². The maximum absolute atomic E-state index is 7.08. The minimum Gasteiger partial charge on any atom is -0.456 e. The molecule has 0 amide bonds. The second kappa shape index (κ2) is 15.5. The molecule has 0 saturated carbocycles. The molecule has 4 heterocycles. The van der Waals surface area contributed by atoms with Crippen molar-refractivity contribution in [3.05, 3.63) is 235 Å². The first kappa shape index (κ1) is 43.4. The van der Waals surface area contributed by atoms with Gasteiger partial charge in [-0.1, -0.05) is 186 Å². The first-order valence-corrected chi connectivity index (χ1v) is 26.7. The van der Waals surface area contributed by atoms with E-state index in [1.807, 2.05) is 0 Å². The van der Waals surface area contributed by atoms with E-state index in [1.54, 1.807) is 0 Å². The maximum atomic E-state index is 7.08. The van der Waals surface area contributed by atoms with Crippen LogP contribution in [0.15, 0.2) is 227 Å². The van der Waals surface area contributed by atoms with Crippen LogP contribution in [0.3, 0.4) is 0 Å². The SMILES string of the molecule is CC(C)(C)c1ccc(N2c3cc4oc5cc6ccccc6cc5c4cc3B3c4c2cc2c(c4-c4cc5c(cc4N3c3ccc(-c4ccccc4)cc3)oc3ccccc35)C(C)(C)c3ccccc3-2)c(-c2ccccc2)c1. The van der Waals surface area contributed by atoms with Crippen LogP contribution in [0.1, 0.15) is 51.3 Å². The number of nitrogens with zero attached hydrogens (tertiary/aromatic N) is 2. The number of furan rings is 2. The van der Waals surface area contributed by atoms with Gasteiger partial charge in [0.1, 0.15) is 22.3 Å². The van der Waals surface area contributed by atoms with Crippen LogP contribution in [0.25, 0.3) is 99.2 Å². The minimum absolute atomic E-state index is 0.0815. The fourth-order valence-corrected chi connectivity index (χ4v) is 13.5. The van der Waals surface area contributed by atoms with Gasteiger partial charge in [0.05, 0.1) is 5.69 Å². The van der Waals surface area contributed by atoms with E-state index in [4.69, 9.17) is 8.83 Å². The Morgan fingerprint density at radius 1 is 0.421 bits per heavy atom. The second-order valence-corrected chi connectivity index (χ2v) is 22.8. The highest BCUT2D eigenvalue weighted by Gasteiger charge is 2.50. The Labute approximate surface area is 442 Å². The zero-order valence-corrected chi connectivity index (χ0v) is 43.1. The highest BCUT2D eigenvalue weighted by atomic mass is 16.3. The lowest BCUT2D eigenvalue weighted by molar-refractivity contribution is 0.590. The zero-order chi connectivity index (χ0) is 50.8. The van der Waals surface area contributed by atoms with Crippen LogP contribution in [-0.4, -0.2) is 6.85 Å². The summed E-state index contributed by atoms with van der Waals surface area (Å²) in [5.41, 5.74) is 24.9. The van der Waals surface area contributed by atoms with Crippen molar-refractivity contribution < 1.29 is 8.83 Å². The molecular formula is C71H51BN2O2. The summed E-state index contributed by atoms with van der Waals surface area (Å²) >= 11 is 0. The Morgan fingerprint density at radius 2 is 1.04 bits per heavy atom. The molecule has 1 aliphatic carbocycles. The molecule has 11 aromatic carbocycles. The third-order valence-electron chi connectivity index (χ3n) is 17.1. The summed E-state index contributed by atoms with van der Waals surface area (Å²) in [5, 5.41) is 6.79. The molecule has 0 unspecified atom stereocenters. The number of hydrogen-bond donors (Lipinski definition) is 0. The Hall–Kier alpha value is -9.06. The van der Waals surface area contributed by atoms with Crippen molar-refractivity contribution in [3.8, 4) is 44.5 Å². The quantitative estimate of drug-likeness (QED) is 0.165. The lowest BCUT2D eigenvalue weighted by atomic mass is 9.42. The van der Waals surface area contributed by atoms with Crippen LogP contribution in [0.4, 0.5) is 28.4 Å². The van der Waals surface area contributed by atoms with Crippen LogP contribution in [0.5, 0.6) is 0 Å². The van der Waals surface area contributed by atoms with Crippen LogP contribution >= 0.6 is 0 Å². The number of para-hydroxylation sites is 1. The van der Waals surface area contributed by atoms with E-state index in [0.29, 0.717) is 0 Å². The summed E-state index contributed by atoms with van der Waals surface area (Å²) in [4.78, 5) is 5.23. The molecule has 2 aliphatic heterocycles. The van der Waals surface area contributed by atoms with Gasteiger partial charge in [-0.2, -0.15) is 0 Å². The molecule has 16 rings (SSSR count). The number of hydrogen-bond acceptors (Lipinski definition) is 4. The molecule has 5 heteroatoms. The predicted octanol–water partition coefficient (Wildman–Crippen LogP) is 18.3. The van der Waals surface area contributed by atoms with Crippen LogP contribution in [-0.2, 0) is 10.8 Å². The van der Waals surface area contributed by atoms with Crippen molar-refractivity contribution >= 4 is 101 Å². The van der Waals surface area contributed by atoms with E-state index in [0.717, 1.165) is 77.7 Å². The fraction of sp³-hybridized carbons (Fsp3) is 0.0986. The Bertz CT molecular complexity index is 4600. The molecule has 0 atom stereocenters. The predicted molar refractivity (Wildman–Crippen MR) is 319 cm³/mol. The van der Waals surface area contributed by atoms with Gasteiger partial charge in [0, 0.05) is 73.0 Å². The Kier molecular flexibility index (Phi) is 8.84. The average molecular weight is 975 g/mol. The van der Waals surface area contributed by atoms with E-state index in [1.165, 1.54) is 77.5 Å². The van der Waals surface area contributed by atoms with Gasteiger partial charge in [-0.05, 0) is 132 Å². The van der Waals surface area contributed by atoms with E-state index in [-0.39, 0.29) is 17.7 Å². The fourth-order valence-electron chi connectivity index (χ4n) is 13.5. The third kappa shape index (κ3) is 6.08. The van der Waals surface area contributed by atoms with Crippen molar-refractivity contribution in [1.29, 1.82) is 0 Å². The van der Waals surface area contributed by atoms with Gasteiger partial charge in [-0.3, -0.25) is 0 Å². The van der Waals surface area contributed by atoms with Gasteiger partial charge in [-0.25, -0.2) is 0 Å². The molecule has 0 fully saturated rings. The minimum atomic E-state index is -0.328. The number of benzene rings is 11. The van der Waals surface area contributed by atoms with E-state index in [9.17, 15) is 0 Å². The number of anilines is 5. The molecule has 0 bridgehead atoms. The van der Waals surface area contributed by atoms with Crippen molar-refractivity contribution in [3.63, 3.8) is 0 Å². The molecule has 0 saturated heterocycles. The van der Waals surface area contributed by atoms with Gasteiger partial charge in [0.25, 0.3) is 0 Å². The van der Waals surface area contributed by atoms with Gasteiger partial charge < -0.3 is 18.5 Å². The average Bonchev–Trinajstić information content (AvgIpc) is 4.08. The first-order valence-electron chi connectivity index (χ1n) is 26.7. The van der Waals surface area contributed by atoms with E-state index < -0.39 is 0 Å². The van der Waals surface area contributed by atoms with Crippen LogP contribution < -0.4 is 20.6 Å². The summed E-state index contributed by atoms with van der Waals surface area (Å²) in [6.45, 7) is 11.5. The Balaban J connectivity index is 1.09. The number of fused-ring (bicyclic) bond motifs is 15. The summed E-state index contributed by atoms with van der Waals surface area (Å²) in [7, 11) is 0. The topological polar surface area (TPSA) is 32.8 Å². The molecule has 3 aliphatic rings.